The molecule has 7 atom stereocenters. The van der Waals surface area contributed by atoms with Crippen LogP contribution >= 0.6 is 0 Å². The van der Waals surface area contributed by atoms with Gasteiger partial charge in [-0.05, 0) is 93.0 Å². The van der Waals surface area contributed by atoms with Gasteiger partial charge in [0.2, 0.25) is 0 Å². The summed E-state index contributed by atoms with van der Waals surface area (Å²) >= 11 is 0. The lowest BCUT2D eigenvalue weighted by Gasteiger charge is -2.59. The average Bonchev–Trinajstić information content (AvgIpc) is 2.90. The van der Waals surface area contributed by atoms with Crippen LogP contribution < -0.4 is 0 Å². The van der Waals surface area contributed by atoms with Crippen molar-refractivity contribution in [2.45, 2.75) is 85.2 Å². The van der Waals surface area contributed by atoms with Crippen LogP contribution in [0.25, 0.3) is 0 Å². The molecule has 3 saturated carbocycles. The Morgan fingerprint density at radius 1 is 1.00 bits per heavy atom. The van der Waals surface area contributed by atoms with Crippen molar-refractivity contribution in [1.82, 2.24) is 0 Å². The predicted molar refractivity (Wildman–Crippen MR) is 101 cm³/mol. The first kappa shape index (κ1) is 18.3. The molecule has 0 bridgehead atoms. The van der Waals surface area contributed by atoms with Crippen LogP contribution in [-0.4, -0.2) is 17.9 Å². The zero-order valence-electron chi connectivity index (χ0n) is 16.8. The molecule has 0 radical (unpaired) electrons. The highest BCUT2D eigenvalue weighted by Gasteiger charge is 2.60. The number of esters is 1. The molecule has 4 rings (SSSR count). The van der Waals surface area contributed by atoms with Gasteiger partial charge in [-0.1, -0.05) is 19.9 Å². The van der Waals surface area contributed by atoms with E-state index >= 15 is 0 Å². The molecular weight excluding hydrogens is 324 g/mol. The number of ether oxygens (including phenoxy) is 1. The lowest BCUT2D eigenvalue weighted by atomic mass is 9.45. The van der Waals surface area contributed by atoms with Crippen LogP contribution in [-0.2, 0) is 14.3 Å². The standard InChI is InChI=1S/C23H34O3/c1-14(24)16-9-11-22(3)17(13-16)5-6-18-19-7-8-21(26-15(2)25)23(19,4)12-10-20(18)22/h9,17-21H,5-8,10-13H2,1-4H3/t17-,18+,19+,20-,21-,22-,23-/m0/s1. The number of hydrogen-bond donors (Lipinski definition) is 0. The molecule has 4 aliphatic carbocycles. The monoisotopic (exact) mass is 358 g/mol. The summed E-state index contributed by atoms with van der Waals surface area (Å²) in [5.74, 6) is 3.04. The van der Waals surface area contributed by atoms with E-state index in [0.717, 1.165) is 36.7 Å². The SMILES string of the molecule is CC(=O)O[C@H]1CC[C@@H]2[C@H]3CC[C@H]4CC(C(C)=O)=CC[C@]4(C)[C@H]3CC[C@]12C. The molecule has 3 fully saturated rings. The molecule has 0 spiro atoms. The molecule has 0 unspecified atom stereocenters. The average molecular weight is 359 g/mol. The zero-order chi connectivity index (χ0) is 18.7. The second-order valence-electron chi connectivity index (χ2n) is 10.1. The van der Waals surface area contributed by atoms with Crippen molar-refractivity contribution < 1.29 is 14.3 Å². The van der Waals surface area contributed by atoms with Crippen molar-refractivity contribution in [2.24, 2.45) is 34.5 Å². The van der Waals surface area contributed by atoms with Crippen molar-refractivity contribution in [1.29, 1.82) is 0 Å². The van der Waals surface area contributed by atoms with Crippen molar-refractivity contribution in [3.8, 4) is 0 Å². The van der Waals surface area contributed by atoms with Crippen LogP contribution in [0.1, 0.15) is 79.1 Å². The minimum Gasteiger partial charge on any atom is -0.462 e. The van der Waals surface area contributed by atoms with E-state index in [1.165, 1.54) is 32.1 Å². The minimum absolute atomic E-state index is 0.118. The minimum atomic E-state index is -0.121. The van der Waals surface area contributed by atoms with Gasteiger partial charge in [-0.2, -0.15) is 0 Å². The summed E-state index contributed by atoms with van der Waals surface area (Å²) in [6.45, 7) is 8.16. The maximum Gasteiger partial charge on any atom is 0.302 e. The molecule has 3 heteroatoms. The molecule has 0 saturated heterocycles. The molecule has 26 heavy (non-hydrogen) atoms. The van der Waals surface area contributed by atoms with Gasteiger partial charge in [0.15, 0.2) is 5.78 Å². The highest BCUT2D eigenvalue weighted by Crippen LogP contribution is 2.66. The Kier molecular flexibility index (Phi) is 4.36. The van der Waals surface area contributed by atoms with Gasteiger partial charge in [0.1, 0.15) is 6.10 Å². The summed E-state index contributed by atoms with van der Waals surface area (Å²) < 4.78 is 5.75. The molecule has 0 heterocycles. The van der Waals surface area contributed by atoms with Crippen molar-refractivity contribution in [2.75, 3.05) is 0 Å². The number of carbonyl (C=O) groups is 2. The Morgan fingerprint density at radius 2 is 1.73 bits per heavy atom. The number of fused-ring (bicyclic) bond motifs is 5. The van der Waals surface area contributed by atoms with E-state index in [4.69, 9.17) is 4.74 Å². The Morgan fingerprint density at radius 3 is 2.42 bits per heavy atom. The molecular formula is C23H34O3. The lowest BCUT2D eigenvalue weighted by Crippen LogP contribution is -2.53. The topological polar surface area (TPSA) is 43.4 Å². The van der Waals surface area contributed by atoms with Gasteiger partial charge in [0.25, 0.3) is 0 Å². The maximum atomic E-state index is 11.9. The van der Waals surface area contributed by atoms with Crippen LogP contribution in [0.5, 0.6) is 0 Å². The van der Waals surface area contributed by atoms with Crippen molar-refractivity contribution >= 4 is 11.8 Å². The normalized spacial score (nSPS) is 47.2. The van der Waals surface area contributed by atoms with E-state index in [9.17, 15) is 9.59 Å². The zero-order valence-corrected chi connectivity index (χ0v) is 16.8. The fourth-order valence-electron chi connectivity index (χ4n) is 7.51. The summed E-state index contributed by atoms with van der Waals surface area (Å²) in [6.07, 6.45) is 11.7. The van der Waals surface area contributed by atoms with Gasteiger partial charge in [0, 0.05) is 12.3 Å². The molecule has 3 nitrogen and oxygen atoms in total. The fourth-order valence-corrected chi connectivity index (χ4v) is 7.51. The van der Waals surface area contributed by atoms with Crippen LogP contribution in [0.2, 0.25) is 0 Å². The summed E-state index contributed by atoms with van der Waals surface area (Å²) in [5.41, 5.74) is 1.59. The molecule has 144 valence electrons. The summed E-state index contributed by atoms with van der Waals surface area (Å²) in [6, 6.07) is 0. The second-order valence-corrected chi connectivity index (χ2v) is 10.1. The predicted octanol–water partition coefficient (Wildman–Crippen LogP) is 5.09. The largest absolute Gasteiger partial charge is 0.462 e. The van der Waals surface area contributed by atoms with Crippen LogP contribution in [0.15, 0.2) is 11.6 Å². The lowest BCUT2D eigenvalue weighted by molar-refractivity contribution is -0.160. The van der Waals surface area contributed by atoms with Crippen molar-refractivity contribution in [3.63, 3.8) is 0 Å². The molecule has 4 aliphatic rings. The van der Waals surface area contributed by atoms with Gasteiger partial charge in [0.05, 0.1) is 0 Å². The number of Topliss-reactive ketones (excluding diaryl/α,β-unsaturated/α-hetero) is 1. The first-order valence-corrected chi connectivity index (χ1v) is 10.6. The van der Waals surface area contributed by atoms with Gasteiger partial charge < -0.3 is 4.74 Å². The van der Waals surface area contributed by atoms with Gasteiger partial charge in [-0.3, -0.25) is 9.59 Å². The van der Waals surface area contributed by atoms with Crippen molar-refractivity contribution in [3.05, 3.63) is 11.6 Å². The first-order chi connectivity index (χ1) is 12.3. The van der Waals surface area contributed by atoms with Gasteiger partial charge >= 0.3 is 5.97 Å². The van der Waals surface area contributed by atoms with Crippen LogP contribution in [0, 0.1) is 34.5 Å². The maximum absolute atomic E-state index is 11.9. The summed E-state index contributed by atoms with van der Waals surface area (Å²) in [5, 5.41) is 0. The van der Waals surface area contributed by atoms with Gasteiger partial charge in [-0.25, -0.2) is 0 Å². The second kappa shape index (κ2) is 6.21. The highest BCUT2D eigenvalue weighted by atomic mass is 16.5. The van der Waals surface area contributed by atoms with E-state index < -0.39 is 0 Å². The van der Waals surface area contributed by atoms with Crippen LogP contribution in [0.3, 0.4) is 0 Å². The third-order valence-corrected chi connectivity index (χ3v) is 8.99. The van der Waals surface area contributed by atoms with E-state index in [2.05, 4.69) is 19.9 Å². The summed E-state index contributed by atoms with van der Waals surface area (Å²) in [7, 11) is 0. The third kappa shape index (κ3) is 2.60. The molecule has 0 N–H and O–H groups in total. The van der Waals surface area contributed by atoms with E-state index in [1.807, 2.05) is 0 Å². The number of allylic oxidation sites excluding steroid dienone is 2. The third-order valence-electron chi connectivity index (χ3n) is 8.99. The molecule has 0 aromatic heterocycles. The van der Waals surface area contributed by atoms with E-state index in [0.29, 0.717) is 17.3 Å². The Balaban J connectivity index is 1.58. The molecule has 0 amide bonds. The number of rotatable bonds is 2. The quantitative estimate of drug-likeness (QED) is 0.646. The number of ketones is 1. The first-order valence-electron chi connectivity index (χ1n) is 10.6. The molecule has 0 aliphatic heterocycles. The Bertz CT molecular complexity index is 650. The summed E-state index contributed by atoms with van der Waals surface area (Å²) in [4.78, 5) is 23.4. The molecule has 0 aromatic carbocycles. The van der Waals surface area contributed by atoms with E-state index in [-0.39, 0.29) is 23.3 Å². The number of hydrogen-bond acceptors (Lipinski definition) is 3. The Hall–Kier alpha value is -1.12. The smallest absolute Gasteiger partial charge is 0.302 e. The van der Waals surface area contributed by atoms with E-state index in [1.54, 1.807) is 13.8 Å². The Labute approximate surface area is 157 Å². The highest BCUT2D eigenvalue weighted by molar-refractivity contribution is 5.93. The number of carbonyl (C=O) groups excluding carboxylic acids is 2. The van der Waals surface area contributed by atoms with Crippen LogP contribution in [0.4, 0.5) is 0 Å². The molecule has 0 aromatic rings. The van der Waals surface area contributed by atoms with Gasteiger partial charge in [-0.15, -0.1) is 0 Å². The fraction of sp³-hybridized carbons (Fsp3) is 0.826.